The van der Waals surface area contributed by atoms with Gasteiger partial charge in [-0.3, -0.25) is 0 Å². The maximum absolute atomic E-state index is 4.48. The van der Waals surface area contributed by atoms with Crippen molar-refractivity contribution in [1.82, 2.24) is 14.9 Å². The first-order chi connectivity index (χ1) is 7.83. The van der Waals surface area contributed by atoms with E-state index in [1.807, 2.05) is 6.20 Å². The second-order valence-corrected chi connectivity index (χ2v) is 5.31. The molecule has 4 heteroatoms. The van der Waals surface area contributed by atoms with Gasteiger partial charge < -0.3 is 9.88 Å². The summed E-state index contributed by atoms with van der Waals surface area (Å²) in [5.41, 5.74) is 1.09. The molecule has 1 fully saturated rings. The fourth-order valence-corrected chi connectivity index (χ4v) is 2.70. The van der Waals surface area contributed by atoms with E-state index < -0.39 is 0 Å². The van der Waals surface area contributed by atoms with Gasteiger partial charge in [0.05, 0.1) is 0 Å². The van der Waals surface area contributed by atoms with E-state index >= 15 is 0 Å². The van der Waals surface area contributed by atoms with Crippen LogP contribution in [0.25, 0.3) is 11.0 Å². The van der Waals surface area contributed by atoms with Crippen molar-refractivity contribution in [3.8, 4) is 0 Å². The van der Waals surface area contributed by atoms with E-state index in [0.29, 0.717) is 0 Å². The van der Waals surface area contributed by atoms with Crippen LogP contribution in [0.5, 0.6) is 0 Å². The standard InChI is InChI=1S/C12H14BrN3/c13-11-5-10-2-4-16(12(10)15-7-11)8-9-1-3-14-6-9/h2,4-5,7,9,14H,1,3,6,8H2. The molecular formula is C12H14BrN3. The van der Waals surface area contributed by atoms with Crippen molar-refractivity contribution in [2.24, 2.45) is 5.92 Å². The number of nitrogens with zero attached hydrogens (tertiary/aromatic N) is 2. The minimum atomic E-state index is 0.751. The number of halogens is 1. The van der Waals surface area contributed by atoms with Gasteiger partial charge in [0.25, 0.3) is 0 Å². The highest BCUT2D eigenvalue weighted by Crippen LogP contribution is 2.20. The summed E-state index contributed by atoms with van der Waals surface area (Å²) in [4.78, 5) is 4.48. The lowest BCUT2D eigenvalue weighted by molar-refractivity contribution is 0.489. The number of aromatic nitrogens is 2. The van der Waals surface area contributed by atoms with Gasteiger partial charge in [-0.05, 0) is 53.5 Å². The van der Waals surface area contributed by atoms with E-state index in [-0.39, 0.29) is 0 Å². The molecule has 1 N–H and O–H groups in total. The highest BCUT2D eigenvalue weighted by Gasteiger charge is 2.15. The van der Waals surface area contributed by atoms with Crippen LogP contribution in [-0.2, 0) is 6.54 Å². The molecule has 1 unspecified atom stereocenters. The third kappa shape index (κ3) is 1.87. The van der Waals surface area contributed by atoms with Crippen LogP contribution in [0, 0.1) is 5.92 Å². The van der Waals surface area contributed by atoms with Crippen LogP contribution in [0.15, 0.2) is 29.0 Å². The molecule has 1 aliphatic heterocycles. The summed E-state index contributed by atoms with van der Waals surface area (Å²) >= 11 is 3.45. The number of rotatable bonds is 2. The van der Waals surface area contributed by atoms with Crippen LogP contribution in [0.4, 0.5) is 0 Å². The zero-order valence-corrected chi connectivity index (χ0v) is 10.6. The molecule has 0 bridgehead atoms. The van der Waals surface area contributed by atoms with Gasteiger partial charge in [0.1, 0.15) is 5.65 Å². The molecule has 3 rings (SSSR count). The van der Waals surface area contributed by atoms with Crippen LogP contribution in [0.1, 0.15) is 6.42 Å². The lowest BCUT2D eigenvalue weighted by atomic mass is 10.1. The molecule has 0 amide bonds. The molecule has 1 atom stereocenters. The second kappa shape index (κ2) is 4.18. The van der Waals surface area contributed by atoms with E-state index in [4.69, 9.17) is 0 Å². The minimum Gasteiger partial charge on any atom is -0.332 e. The Balaban J connectivity index is 1.91. The molecular weight excluding hydrogens is 266 g/mol. The fourth-order valence-electron chi connectivity index (χ4n) is 2.35. The summed E-state index contributed by atoms with van der Waals surface area (Å²) in [5.74, 6) is 0.751. The monoisotopic (exact) mass is 279 g/mol. The molecule has 2 aromatic rings. The molecule has 3 nitrogen and oxygen atoms in total. The Morgan fingerprint density at radius 2 is 2.50 bits per heavy atom. The lowest BCUT2D eigenvalue weighted by Crippen LogP contribution is -2.14. The van der Waals surface area contributed by atoms with E-state index in [0.717, 1.165) is 35.7 Å². The maximum atomic E-state index is 4.48. The topological polar surface area (TPSA) is 29.9 Å². The summed E-state index contributed by atoms with van der Waals surface area (Å²) in [6, 6.07) is 4.25. The fraction of sp³-hybridized carbons (Fsp3) is 0.417. The third-order valence-corrected chi connectivity index (χ3v) is 3.62. The first-order valence-electron chi connectivity index (χ1n) is 5.64. The largest absolute Gasteiger partial charge is 0.332 e. The molecule has 0 radical (unpaired) electrons. The van der Waals surface area contributed by atoms with Crippen molar-refractivity contribution in [3.05, 3.63) is 29.0 Å². The molecule has 0 saturated carbocycles. The average molecular weight is 280 g/mol. The van der Waals surface area contributed by atoms with Crippen molar-refractivity contribution in [3.63, 3.8) is 0 Å². The smallest absolute Gasteiger partial charge is 0.139 e. The Bertz CT molecular complexity index is 500. The zero-order valence-electron chi connectivity index (χ0n) is 8.99. The quantitative estimate of drug-likeness (QED) is 0.915. The van der Waals surface area contributed by atoms with Crippen molar-refractivity contribution in [1.29, 1.82) is 0 Å². The predicted octanol–water partition coefficient (Wildman–Crippen LogP) is 2.41. The molecule has 3 heterocycles. The van der Waals surface area contributed by atoms with Gasteiger partial charge in [-0.25, -0.2) is 4.98 Å². The molecule has 0 aliphatic carbocycles. The molecule has 1 saturated heterocycles. The molecule has 0 aromatic carbocycles. The van der Waals surface area contributed by atoms with Crippen molar-refractivity contribution >= 4 is 27.0 Å². The summed E-state index contributed by atoms with van der Waals surface area (Å²) in [6.45, 7) is 3.37. The second-order valence-electron chi connectivity index (χ2n) is 4.39. The van der Waals surface area contributed by atoms with E-state index in [2.05, 4.69) is 49.1 Å². The normalized spacial score (nSPS) is 20.7. The Labute approximate surface area is 103 Å². The molecule has 84 valence electrons. The van der Waals surface area contributed by atoms with Crippen LogP contribution in [0.3, 0.4) is 0 Å². The first kappa shape index (κ1) is 10.3. The summed E-state index contributed by atoms with van der Waals surface area (Å²) < 4.78 is 3.31. The van der Waals surface area contributed by atoms with Gasteiger partial charge in [-0.15, -0.1) is 0 Å². The van der Waals surface area contributed by atoms with E-state index in [1.54, 1.807) is 0 Å². The van der Waals surface area contributed by atoms with Crippen LogP contribution in [0.2, 0.25) is 0 Å². The predicted molar refractivity (Wildman–Crippen MR) is 68.4 cm³/mol. The summed E-state index contributed by atoms with van der Waals surface area (Å²) in [7, 11) is 0. The first-order valence-corrected chi connectivity index (χ1v) is 6.43. The Morgan fingerprint density at radius 3 is 3.31 bits per heavy atom. The van der Waals surface area contributed by atoms with Gasteiger partial charge >= 0.3 is 0 Å². The van der Waals surface area contributed by atoms with Crippen LogP contribution in [-0.4, -0.2) is 22.6 Å². The maximum Gasteiger partial charge on any atom is 0.139 e. The minimum absolute atomic E-state index is 0.751. The number of hydrogen-bond donors (Lipinski definition) is 1. The molecule has 0 spiro atoms. The van der Waals surface area contributed by atoms with E-state index in [9.17, 15) is 0 Å². The number of nitrogens with one attached hydrogen (secondary N) is 1. The number of hydrogen-bond acceptors (Lipinski definition) is 2. The van der Waals surface area contributed by atoms with Crippen molar-refractivity contribution in [2.75, 3.05) is 13.1 Å². The van der Waals surface area contributed by atoms with Gasteiger partial charge in [0.2, 0.25) is 0 Å². The highest BCUT2D eigenvalue weighted by molar-refractivity contribution is 9.10. The van der Waals surface area contributed by atoms with Crippen LogP contribution < -0.4 is 5.32 Å². The van der Waals surface area contributed by atoms with Gasteiger partial charge in [-0.2, -0.15) is 0 Å². The summed E-state index contributed by atoms with van der Waals surface area (Å²) in [6.07, 6.45) is 5.28. The number of fused-ring (bicyclic) bond motifs is 1. The van der Waals surface area contributed by atoms with Crippen molar-refractivity contribution < 1.29 is 0 Å². The third-order valence-electron chi connectivity index (χ3n) is 3.19. The average Bonchev–Trinajstić information content (AvgIpc) is 2.89. The zero-order chi connectivity index (χ0) is 11.0. The number of pyridine rings is 1. The van der Waals surface area contributed by atoms with Gasteiger partial charge in [-0.1, -0.05) is 0 Å². The molecule has 2 aromatic heterocycles. The molecule has 16 heavy (non-hydrogen) atoms. The Hall–Kier alpha value is -0.870. The SMILES string of the molecule is Brc1cnc2c(ccn2CC2CCNC2)c1. The van der Waals surface area contributed by atoms with Gasteiger partial charge in [0.15, 0.2) is 0 Å². The Morgan fingerprint density at radius 1 is 1.56 bits per heavy atom. The molecule has 1 aliphatic rings. The van der Waals surface area contributed by atoms with Crippen LogP contribution >= 0.6 is 15.9 Å². The highest BCUT2D eigenvalue weighted by atomic mass is 79.9. The summed E-state index contributed by atoms with van der Waals surface area (Å²) in [5, 5.41) is 4.61. The van der Waals surface area contributed by atoms with Gasteiger partial charge in [0, 0.05) is 28.8 Å². The van der Waals surface area contributed by atoms with E-state index in [1.165, 1.54) is 11.8 Å². The van der Waals surface area contributed by atoms with Crippen molar-refractivity contribution in [2.45, 2.75) is 13.0 Å². The Kier molecular flexibility index (Phi) is 2.69. The lowest BCUT2D eigenvalue weighted by Gasteiger charge is -2.10.